The number of rotatable bonds is 6. The summed E-state index contributed by atoms with van der Waals surface area (Å²) in [6, 6.07) is 7.67. The maximum Gasteiger partial charge on any atom is 0.138 e. The molecular weight excluding hydrogens is 317 g/mol. The Balaban J connectivity index is 2.43. The molecular formula is C14H16Cl3N3. The Morgan fingerprint density at radius 2 is 1.90 bits per heavy atom. The third kappa shape index (κ3) is 2.95. The molecule has 0 bridgehead atoms. The summed E-state index contributed by atoms with van der Waals surface area (Å²) in [6.07, 6.45) is 2.16. The maximum atomic E-state index is 6.32. The summed E-state index contributed by atoms with van der Waals surface area (Å²) in [7, 11) is 0. The standard InChI is InChI=1S/C14H16Cl3N3/c1-2-20-13(18-10-19-20)7-14(8-15,9-16)11-5-3-4-6-12(11)17/h3-6,10H,2,7-9H2,1H3. The molecule has 2 aromatic rings. The summed E-state index contributed by atoms with van der Waals surface area (Å²) >= 11 is 18.8. The van der Waals surface area contributed by atoms with Crippen molar-refractivity contribution in [2.45, 2.75) is 25.3 Å². The van der Waals surface area contributed by atoms with Crippen LogP contribution in [0.25, 0.3) is 0 Å². The van der Waals surface area contributed by atoms with Crippen LogP contribution in [-0.2, 0) is 18.4 Å². The van der Waals surface area contributed by atoms with E-state index in [4.69, 9.17) is 34.8 Å². The molecule has 0 saturated carbocycles. The van der Waals surface area contributed by atoms with Gasteiger partial charge >= 0.3 is 0 Å². The minimum Gasteiger partial charge on any atom is -0.250 e. The number of halogens is 3. The van der Waals surface area contributed by atoms with E-state index >= 15 is 0 Å². The Hall–Kier alpha value is -0.770. The first-order valence-electron chi connectivity index (χ1n) is 6.40. The molecule has 1 aromatic heterocycles. The van der Waals surface area contributed by atoms with E-state index in [2.05, 4.69) is 10.1 Å². The summed E-state index contributed by atoms with van der Waals surface area (Å²) in [5.74, 6) is 1.61. The van der Waals surface area contributed by atoms with Crippen LogP contribution >= 0.6 is 34.8 Å². The number of hydrogen-bond acceptors (Lipinski definition) is 2. The molecule has 0 unspecified atom stereocenters. The number of benzene rings is 1. The van der Waals surface area contributed by atoms with Crippen molar-refractivity contribution < 1.29 is 0 Å². The molecule has 1 heterocycles. The van der Waals surface area contributed by atoms with Gasteiger partial charge in [-0.2, -0.15) is 5.10 Å². The summed E-state index contributed by atoms with van der Waals surface area (Å²) in [6.45, 7) is 2.79. The van der Waals surface area contributed by atoms with Gasteiger partial charge in [0.25, 0.3) is 0 Å². The fraction of sp³-hybridized carbons (Fsp3) is 0.429. The number of aryl methyl sites for hydroxylation is 1. The highest BCUT2D eigenvalue weighted by atomic mass is 35.5. The molecule has 0 radical (unpaired) electrons. The van der Waals surface area contributed by atoms with Gasteiger partial charge in [0.05, 0.1) is 0 Å². The van der Waals surface area contributed by atoms with E-state index in [0.717, 1.165) is 17.9 Å². The lowest BCUT2D eigenvalue weighted by atomic mass is 9.80. The van der Waals surface area contributed by atoms with E-state index < -0.39 is 5.41 Å². The number of hydrogen-bond donors (Lipinski definition) is 0. The number of alkyl halides is 2. The van der Waals surface area contributed by atoms with Gasteiger partial charge in [0, 0.05) is 35.2 Å². The summed E-state index contributed by atoms with van der Waals surface area (Å²) in [4.78, 5) is 4.31. The second-order valence-corrected chi connectivity index (χ2v) is 5.64. The van der Waals surface area contributed by atoms with E-state index in [1.165, 1.54) is 0 Å². The van der Waals surface area contributed by atoms with Gasteiger partial charge in [-0.05, 0) is 18.6 Å². The number of aromatic nitrogens is 3. The van der Waals surface area contributed by atoms with Crippen molar-refractivity contribution in [3.8, 4) is 0 Å². The maximum absolute atomic E-state index is 6.32. The first-order valence-corrected chi connectivity index (χ1v) is 7.85. The largest absolute Gasteiger partial charge is 0.250 e. The van der Waals surface area contributed by atoms with Crippen molar-refractivity contribution in [1.82, 2.24) is 14.8 Å². The topological polar surface area (TPSA) is 30.7 Å². The fourth-order valence-electron chi connectivity index (χ4n) is 2.25. The van der Waals surface area contributed by atoms with Crippen LogP contribution in [0.4, 0.5) is 0 Å². The molecule has 0 N–H and O–H groups in total. The van der Waals surface area contributed by atoms with E-state index in [0.29, 0.717) is 23.2 Å². The van der Waals surface area contributed by atoms with E-state index in [9.17, 15) is 0 Å². The average Bonchev–Trinajstić information content (AvgIpc) is 2.92. The zero-order chi connectivity index (χ0) is 14.6. The molecule has 0 aliphatic carbocycles. The normalized spacial score (nSPS) is 11.8. The molecule has 20 heavy (non-hydrogen) atoms. The minimum absolute atomic E-state index is 0.372. The molecule has 0 aliphatic heterocycles. The summed E-state index contributed by atoms with van der Waals surface area (Å²) in [5, 5.41) is 4.87. The van der Waals surface area contributed by atoms with Gasteiger partial charge in [0.15, 0.2) is 0 Å². The molecule has 0 spiro atoms. The van der Waals surface area contributed by atoms with E-state index in [1.807, 2.05) is 35.9 Å². The van der Waals surface area contributed by atoms with Crippen LogP contribution in [0.15, 0.2) is 30.6 Å². The lowest BCUT2D eigenvalue weighted by Gasteiger charge is -2.30. The highest BCUT2D eigenvalue weighted by molar-refractivity contribution is 6.32. The molecule has 2 rings (SSSR count). The first-order chi connectivity index (χ1) is 9.66. The Morgan fingerprint density at radius 3 is 2.50 bits per heavy atom. The van der Waals surface area contributed by atoms with Gasteiger partial charge < -0.3 is 0 Å². The summed E-state index contributed by atoms with van der Waals surface area (Å²) in [5.41, 5.74) is 0.513. The predicted molar refractivity (Wildman–Crippen MR) is 84.0 cm³/mol. The SMILES string of the molecule is CCn1ncnc1CC(CCl)(CCl)c1ccccc1Cl. The van der Waals surface area contributed by atoms with Crippen LogP contribution in [0.2, 0.25) is 5.02 Å². The zero-order valence-electron chi connectivity index (χ0n) is 11.2. The highest BCUT2D eigenvalue weighted by Crippen LogP contribution is 2.35. The molecule has 108 valence electrons. The highest BCUT2D eigenvalue weighted by Gasteiger charge is 2.34. The Bertz CT molecular complexity index is 564. The summed E-state index contributed by atoms with van der Waals surface area (Å²) < 4.78 is 1.85. The van der Waals surface area contributed by atoms with Crippen LogP contribution in [0.1, 0.15) is 18.3 Å². The van der Waals surface area contributed by atoms with Crippen LogP contribution in [0, 0.1) is 0 Å². The van der Waals surface area contributed by atoms with Crippen molar-refractivity contribution in [2.24, 2.45) is 0 Å². The van der Waals surface area contributed by atoms with Gasteiger partial charge in [0.2, 0.25) is 0 Å². The van der Waals surface area contributed by atoms with Crippen molar-refractivity contribution in [3.63, 3.8) is 0 Å². The lowest BCUT2D eigenvalue weighted by Crippen LogP contribution is -2.35. The van der Waals surface area contributed by atoms with Crippen molar-refractivity contribution in [1.29, 1.82) is 0 Å². The van der Waals surface area contributed by atoms with Gasteiger partial charge in [-0.1, -0.05) is 29.8 Å². The molecule has 0 saturated heterocycles. The second-order valence-electron chi connectivity index (χ2n) is 4.70. The number of nitrogens with zero attached hydrogens (tertiary/aromatic N) is 3. The van der Waals surface area contributed by atoms with E-state index in [1.54, 1.807) is 6.33 Å². The monoisotopic (exact) mass is 331 g/mol. The molecule has 1 aromatic carbocycles. The molecule has 0 atom stereocenters. The van der Waals surface area contributed by atoms with Gasteiger partial charge in [0.1, 0.15) is 12.2 Å². The molecule has 0 aliphatic rings. The second kappa shape index (κ2) is 6.79. The third-order valence-corrected chi connectivity index (χ3v) is 4.80. The Morgan fingerprint density at radius 1 is 1.20 bits per heavy atom. The molecule has 0 fully saturated rings. The molecule has 6 heteroatoms. The van der Waals surface area contributed by atoms with E-state index in [-0.39, 0.29) is 0 Å². The van der Waals surface area contributed by atoms with Gasteiger partial charge in [-0.3, -0.25) is 4.68 Å². The predicted octanol–water partition coefficient (Wildman–Crippen LogP) is 3.91. The average molecular weight is 333 g/mol. The third-order valence-electron chi connectivity index (χ3n) is 3.45. The van der Waals surface area contributed by atoms with Crippen molar-refractivity contribution in [3.05, 3.63) is 47.0 Å². The van der Waals surface area contributed by atoms with Crippen LogP contribution in [-0.4, -0.2) is 26.5 Å². The van der Waals surface area contributed by atoms with Crippen LogP contribution in [0.3, 0.4) is 0 Å². The zero-order valence-corrected chi connectivity index (χ0v) is 13.5. The first kappa shape index (κ1) is 15.6. The minimum atomic E-state index is -0.443. The van der Waals surface area contributed by atoms with Gasteiger partial charge in [-0.15, -0.1) is 23.2 Å². The van der Waals surface area contributed by atoms with Crippen LogP contribution in [0.5, 0.6) is 0 Å². The van der Waals surface area contributed by atoms with Crippen molar-refractivity contribution >= 4 is 34.8 Å². The smallest absolute Gasteiger partial charge is 0.138 e. The molecule has 3 nitrogen and oxygen atoms in total. The Kier molecular flexibility index (Phi) is 5.30. The quantitative estimate of drug-likeness (QED) is 0.751. The molecule has 0 amide bonds. The lowest BCUT2D eigenvalue weighted by molar-refractivity contribution is 0.490. The Labute approximate surface area is 133 Å². The van der Waals surface area contributed by atoms with Gasteiger partial charge in [-0.25, -0.2) is 4.98 Å². The van der Waals surface area contributed by atoms with Crippen molar-refractivity contribution in [2.75, 3.05) is 11.8 Å². The fourth-order valence-corrected chi connectivity index (χ4v) is 3.35. The van der Waals surface area contributed by atoms with Crippen LogP contribution < -0.4 is 0 Å².